The first-order valence-corrected chi connectivity index (χ1v) is 6.08. The Morgan fingerprint density at radius 3 is 3.05 bits per heavy atom. The van der Waals surface area contributed by atoms with Crippen LogP contribution in [0.2, 0.25) is 0 Å². The van der Waals surface area contributed by atoms with Crippen molar-refractivity contribution in [2.24, 2.45) is 0 Å². The van der Waals surface area contributed by atoms with E-state index in [1.54, 1.807) is 18.2 Å². The number of aliphatic hydroxyl groups excluding tert-OH is 1. The lowest BCUT2D eigenvalue weighted by Crippen LogP contribution is -2.33. The van der Waals surface area contributed by atoms with Gasteiger partial charge in [-0.3, -0.25) is 9.89 Å². The normalized spacial score (nSPS) is 12.1. The van der Waals surface area contributed by atoms with Crippen molar-refractivity contribution in [3.8, 4) is 11.4 Å². The van der Waals surface area contributed by atoms with Crippen LogP contribution in [0.25, 0.3) is 11.4 Å². The van der Waals surface area contributed by atoms with Gasteiger partial charge in [-0.05, 0) is 25.5 Å². The van der Waals surface area contributed by atoms with E-state index >= 15 is 0 Å². The largest absolute Gasteiger partial charge is 0.396 e. The molecule has 0 spiro atoms. The molecule has 1 heterocycles. The number of amides is 1. The molecule has 0 aliphatic rings. The maximum absolute atomic E-state index is 12.0. The standard InChI is InChI=1S/C13H16N4O2/c1-9(5-6-18)16-13(19)11-4-2-3-10(7-11)12-14-8-15-17-12/h2-4,7-9,18H,5-6H2,1H3,(H,16,19)(H,14,15,17). The molecule has 1 aromatic carbocycles. The summed E-state index contributed by atoms with van der Waals surface area (Å²) in [4.78, 5) is 16.1. The highest BCUT2D eigenvalue weighted by Crippen LogP contribution is 2.15. The van der Waals surface area contributed by atoms with E-state index in [1.165, 1.54) is 6.33 Å². The molecular formula is C13H16N4O2. The highest BCUT2D eigenvalue weighted by Gasteiger charge is 2.10. The van der Waals surface area contributed by atoms with Gasteiger partial charge in [0.15, 0.2) is 5.82 Å². The van der Waals surface area contributed by atoms with Crippen molar-refractivity contribution in [1.82, 2.24) is 20.5 Å². The molecule has 2 rings (SSSR count). The molecule has 1 atom stereocenters. The van der Waals surface area contributed by atoms with Gasteiger partial charge < -0.3 is 10.4 Å². The molecule has 3 N–H and O–H groups in total. The van der Waals surface area contributed by atoms with Crippen molar-refractivity contribution in [2.75, 3.05) is 6.61 Å². The number of carbonyl (C=O) groups is 1. The van der Waals surface area contributed by atoms with Crippen molar-refractivity contribution in [1.29, 1.82) is 0 Å². The highest BCUT2D eigenvalue weighted by atomic mass is 16.3. The van der Waals surface area contributed by atoms with Crippen LogP contribution in [-0.4, -0.2) is 38.8 Å². The van der Waals surface area contributed by atoms with Crippen LogP contribution in [0.15, 0.2) is 30.6 Å². The quantitative estimate of drug-likeness (QED) is 0.747. The van der Waals surface area contributed by atoms with Gasteiger partial charge in [0, 0.05) is 23.8 Å². The van der Waals surface area contributed by atoms with Crippen molar-refractivity contribution < 1.29 is 9.90 Å². The fraction of sp³-hybridized carbons (Fsp3) is 0.308. The number of H-pyrrole nitrogens is 1. The summed E-state index contributed by atoms with van der Waals surface area (Å²) in [5.41, 5.74) is 1.36. The SMILES string of the molecule is CC(CCO)NC(=O)c1cccc(-c2ncn[nH]2)c1. The summed E-state index contributed by atoms with van der Waals surface area (Å²) >= 11 is 0. The monoisotopic (exact) mass is 260 g/mol. The minimum absolute atomic E-state index is 0.0551. The fourth-order valence-corrected chi connectivity index (χ4v) is 1.73. The number of aliphatic hydroxyl groups is 1. The van der Waals surface area contributed by atoms with E-state index < -0.39 is 0 Å². The van der Waals surface area contributed by atoms with Crippen LogP contribution in [0.1, 0.15) is 23.7 Å². The Hall–Kier alpha value is -2.21. The first kappa shape index (κ1) is 13.2. The Labute approximate surface area is 110 Å². The average molecular weight is 260 g/mol. The maximum atomic E-state index is 12.0. The van der Waals surface area contributed by atoms with E-state index in [0.717, 1.165) is 5.56 Å². The van der Waals surface area contributed by atoms with Gasteiger partial charge >= 0.3 is 0 Å². The number of carbonyl (C=O) groups excluding carboxylic acids is 1. The summed E-state index contributed by atoms with van der Waals surface area (Å²) < 4.78 is 0. The topological polar surface area (TPSA) is 90.9 Å². The van der Waals surface area contributed by atoms with Crippen molar-refractivity contribution in [3.63, 3.8) is 0 Å². The van der Waals surface area contributed by atoms with E-state index in [4.69, 9.17) is 5.11 Å². The van der Waals surface area contributed by atoms with Crippen LogP contribution in [0, 0.1) is 0 Å². The Bertz CT molecular complexity index is 539. The zero-order valence-electron chi connectivity index (χ0n) is 10.6. The van der Waals surface area contributed by atoms with Gasteiger partial charge in [-0.1, -0.05) is 12.1 Å². The summed E-state index contributed by atoms with van der Waals surface area (Å²) in [6.07, 6.45) is 1.96. The number of aromatic amines is 1. The average Bonchev–Trinajstić information content (AvgIpc) is 2.93. The molecule has 0 fully saturated rings. The van der Waals surface area contributed by atoms with Crippen LogP contribution < -0.4 is 5.32 Å². The molecule has 1 unspecified atom stereocenters. The molecule has 2 aromatic rings. The lowest BCUT2D eigenvalue weighted by atomic mass is 10.1. The summed E-state index contributed by atoms with van der Waals surface area (Å²) in [6, 6.07) is 7.08. The number of benzene rings is 1. The molecule has 6 heteroatoms. The summed E-state index contributed by atoms with van der Waals surface area (Å²) in [6.45, 7) is 1.91. The first-order chi connectivity index (χ1) is 9.20. The van der Waals surface area contributed by atoms with E-state index in [0.29, 0.717) is 17.8 Å². The fourth-order valence-electron chi connectivity index (χ4n) is 1.73. The lowest BCUT2D eigenvalue weighted by molar-refractivity contribution is 0.0934. The second-order valence-corrected chi connectivity index (χ2v) is 4.30. The third-order valence-corrected chi connectivity index (χ3v) is 2.75. The maximum Gasteiger partial charge on any atom is 0.251 e. The van der Waals surface area contributed by atoms with Gasteiger partial charge in [-0.25, -0.2) is 4.98 Å². The second kappa shape index (κ2) is 6.10. The molecule has 19 heavy (non-hydrogen) atoms. The van der Waals surface area contributed by atoms with Crippen molar-refractivity contribution in [3.05, 3.63) is 36.2 Å². The van der Waals surface area contributed by atoms with Gasteiger partial charge in [0.05, 0.1) is 0 Å². The third kappa shape index (κ3) is 3.38. The lowest BCUT2D eigenvalue weighted by Gasteiger charge is -2.12. The van der Waals surface area contributed by atoms with Crippen LogP contribution in [0.4, 0.5) is 0 Å². The number of rotatable bonds is 5. The van der Waals surface area contributed by atoms with Crippen molar-refractivity contribution >= 4 is 5.91 Å². The second-order valence-electron chi connectivity index (χ2n) is 4.30. The Morgan fingerprint density at radius 2 is 2.37 bits per heavy atom. The third-order valence-electron chi connectivity index (χ3n) is 2.75. The molecule has 0 aliphatic carbocycles. The molecule has 6 nitrogen and oxygen atoms in total. The first-order valence-electron chi connectivity index (χ1n) is 6.08. The molecule has 1 amide bonds. The molecule has 0 saturated carbocycles. The van der Waals surface area contributed by atoms with Gasteiger partial charge in [-0.15, -0.1) is 0 Å². The van der Waals surface area contributed by atoms with Gasteiger partial charge in [0.2, 0.25) is 0 Å². The zero-order valence-corrected chi connectivity index (χ0v) is 10.6. The summed E-state index contributed by atoms with van der Waals surface area (Å²) in [7, 11) is 0. The molecule has 100 valence electrons. The highest BCUT2D eigenvalue weighted by molar-refractivity contribution is 5.95. The molecule has 0 bridgehead atoms. The van der Waals surface area contributed by atoms with Crippen LogP contribution in [0.5, 0.6) is 0 Å². The number of nitrogens with zero attached hydrogens (tertiary/aromatic N) is 2. The molecule has 1 aromatic heterocycles. The smallest absolute Gasteiger partial charge is 0.251 e. The van der Waals surface area contributed by atoms with E-state index in [-0.39, 0.29) is 18.6 Å². The van der Waals surface area contributed by atoms with Crippen molar-refractivity contribution in [2.45, 2.75) is 19.4 Å². The number of hydrogen-bond acceptors (Lipinski definition) is 4. The Morgan fingerprint density at radius 1 is 1.53 bits per heavy atom. The van der Waals surface area contributed by atoms with Gasteiger partial charge in [0.25, 0.3) is 5.91 Å². The van der Waals surface area contributed by atoms with Gasteiger partial charge in [-0.2, -0.15) is 5.10 Å². The molecule has 0 saturated heterocycles. The molecule has 0 radical (unpaired) electrons. The van der Waals surface area contributed by atoms with Crippen LogP contribution in [0.3, 0.4) is 0 Å². The molecule has 0 aliphatic heterocycles. The minimum Gasteiger partial charge on any atom is -0.396 e. The van der Waals surface area contributed by atoms with Crippen LogP contribution >= 0.6 is 0 Å². The summed E-state index contributed by atoms with van der Waals surface area (Å²) in [5, 5.41) is 18.2. The summed E-state index contributed by atoms with van der Waals surface area (Å²) in [5.74, 6) is 0.459. The number of hydrogen-bond donors (Lipinski definition) is 3. The van der Waals surface area contributed by atoms with E-state index in [1.807, 2.05) is 13.0 Å². The van der Waals surface area contributed by atoms with E-state index in [2.05, 4.69) is 20.5 Å². The predicted octanol–water partition coefficient (Wildman–Crippen LogP) is 0.972. The number of aromatic nitrogens is 3. The minimum atomic E-state index is -0.165. The zero-order chi connectivity index (χ0) is 13.7. The van der Waals surface area contributed by atoms with Gasteiger partial charge in [0.1, 0.15) is 6.33 Å². The van der Waals surface area contributed by atoms with E-state index in [9.17, 15) is 4.79 Å². The predicted molar refractivity (Wildman–Crippen MR) is 70.4 cm³/mol. The molecular weight excluding hydrogens is 244 g/mol. The number of nitrogens with one attached hydrogen (secondary N) is 2. The Balaban J connectivity index is 2.12. The Kier molecular flexibility index (Phi) is 4.25. The van der Waals surface area contributed by atoms with Crippen LogP contribution in [-0.2, 0) is 0 Å².